The van der Waals surface area contributed by atoms with Gasteiger partial charge in [-0.15, -0.1) is 0 Å². The summed E-state index contributed by atoms with van der Waals surface area (Å²) >= 11 is 0. The fraction of sp³-hybridized carbons (Fsp3) is 0.900. The molecule has 1 heterocycles. The average molecular weight is 198 g/mol. The molecular weight excluding hydrogens is 180 g/mol. The van der Waals surface area contributed by atoms with Crippen molar-refractivity contribution in [2.75, 3.05) is 6.61 Å². The number of rotatable bonds is 4. The van der Waals surface area contributed by atoms with Crippen LogP contribution < -0.4 is 0 Å². The largest absolute Gasteiger partial charge is 0.372 e. The van der Waals surface area contributed by atoms with Crippen LogP contribution in [0.3, 0.4) is 0 Å². The molecule has 13 heavy (non-hydrogen) atoms. The summed E-state index contributed by atoms with van der Waals surface area (Å²) in [6.45, 7) is 0.816. The highest BCUT2D eigenvalue weighted by atomic mass is 28.2. The lowest BCUT2D eigenvalue weighted by molar-refractivity contribution is -0.125. The molecule has 0 aromatic carbocycles. The molecule has 0 radical (unpaired) electrons. The fourth-order valence-electron chi connectivity index (χ4n) is 2.08. The van der Waals surface area contributed by atoms with Crippen molar-refractivity contribution in [2.45, 2.75) is 43.4 Å². The zero-order valence-corrected chi connectivity index (χ0v) is 9.54. The van der Waals surface area contributed by atoms with Gasteiger partial charge in [0.15, 0.2) is 0 Å². The van der Waals surface area contributed by atoms with Crippen molar-refractivity contribution in [3.8, 4) is 0 Å². The molecule has 2 aliphatic rings. The predicted molar refractivity (Wildman–Crippen MR) is 54.7 cm³/mol. The van der Waals surface area contributed by atoms with Gasteiger partial charge in [-0.3, -0.25) is 0 Å². The molecule has 0 N–H and O–H groups in total. The van der Waals surface area contributed by atoms with Crippen molar-refractivity contribution in [2.24, 2.45) is 5.92 Å². The van der Waals surface area contributed by atoms with Gasteiger partial charge in [0, 0.05) is 6.61 Å². The molecule has 0 spiro atoms. The third-order valence-electron chi connectivity index (χ3n) is 3.27. The molecule has 1 unspecified atom stereocenters. The van der Waals surface area contributed by atoms with Gasteiger partial charge in [-0.1, -0.05) is 18.9 Å². The minimum Gasteiger partial charge on any atom is -0.372 e. The van der Waals surface area contributed by atoms with Crippen molar-refractivity contribution in [3.63, 3.8) is 0 Å². The molecule has 1 saturated heterocycles. The van der Waals surface area contributed by atoms with Crippen LogP contribution in [0.4, 0.5) is 0 Å². The average Bonchev–Trinajstić information content (AvgIpc) is 3.00. The summed E-state index contributed by atoms with van der Waals surface area (Å²) in [7, 11) is -0.317. The van der Waals surface area contributed by atoms with Crippen LogP contribution in [0.25, 0.3) is 0 Å². The monoisotopic (exact) mass is 198 g/mol. The van der Waals surface area contributed by atoms with Crippen LogP contribution in [-0.4, -0.2) is 27.6 Å². The van der Waals surface area contributed by atoms with E-state index in [1.165, 1.54) is 25.3 Å². The maximum absolute atomic E-state index is 11.0. The molecule has 1 atom stereocenters. The lowest BCUT2D eigenvalue weighted by atomic mass is 10.1. The Morgan fingerprint density at radius 1 is 1.46 bits per heavy atom. The molecule has 2 fully saturated rings. The number of carbonyl (C=O) groups is 1. The van der Waals surface area contributed by atoms with Gasteiger partial charge in [0.25, 0.3) is 0 Å². The summed E-state index contributed by atoms with van der Waals surface area (Å²) in [5.41, 5.74) is 0. The smallest absolute Gasteiger partial charge is 0.147 e. The number of carbonyl (C=O) groups excluding carboxylic acids is 1. The Bertz CT molecular complexity index is 183. The standard InChI is InChI=1S/C10H18O2Si/c11-8-10(5-1-2-6-12-10)13-7-9-3-4-9/h8-9H,1-7,13H2. The molecule has 1 aliphatic carbocycles. The van der Waals surface area contributed by atoms with Crippen molar-refractivity contribution in [3.05, 3.63) is 0 Å². The van der Waals surface area contributed by atoms with E-state index in [4.69, 9.17) is 4.74 Å². The second-order valence-electron chi connectivity index (χ2n) is 4.47. The highest BCUT2D eigenvalue weighted by Crippen LogP contribution is 2.35. The number of hydrogen-bond donors (Lipinski definition) is 0. The van der Waals surface area contributed by atoms with Gasteiger partial charge in [-0.05, 0) is 25.2 Å². The first-order valence-corrected chi connectivity index (χ1v) is 7.16. The zero-order valence-electron chi connectivity index (χ0n) is 8.13. The number of hydrogen-bond acceptors (Lipinski definition) is 2. The molecule has 74 valence electrons. The van der Waals surface area contributed by atoms with Crippen molar-refractivity contribution in [1.29, 1.82) is 0 Å². The Morgan fingerprint density at radius 3 is 2.85 bits per heavy atom. The number of ether oxygens (including phenoxy) is 1. The second kappa shape index (κ2) is 3.92. The van der Waals surface area contributed by atoms with Gasteiger partial charge < -0.3 is 9.53 Å². The molecule has 2 rings (SSSR count). The van der Waals surface area contributed by atoms with Crippen LogP contribution >= 0.6 is 0 Å². The minimum atomic E-state index is -0.317. The van der Waals surface area contributed by atoms with E-state index in [0.717, 1.165) is 31.7 Å². The third-order valence-corrected chi connectivity index (χ3v) is 5.95. The molecule has 2 nitrogen and oxygen atoms in total. The van der Waals surface area contributed by atoms with Crippen molar-refractivity contribution in [1.82, 2.24) is 0 Å². The van der Waals surface area contributed by atoms with Gasteiger partial charge >= 0.3 is 0 Å². The Labute approximate surface area is 81.9 Å². The number of aldehydes is 1. The minimum absolute atomic E-state index is 0.249. The van der Waals surface area contributed by atoms with E-state index in [1.807, 2.05) is 0 Å². The molecule has 0 bridgehead atoms. The van der Waals surface area contributed by atoms with Crippen LogP contribution in [-0.2, 0) is 9.53 Å². The SMILES string of the molecule is O=CC1([SiH2]CC2CC2)CCCCO1. The molecule has 1 saturated carbocycles. The van der Waals surface area contributed by atoms with Gasteiger partial charge in [0.1, 0.15) is 11.5 Å². The van der Waals surface area contributed by atoms with E-state index in [1.54, 1.807) is 0 Å². The van der Waals surface area contributed by atoms with Gasteiger partial charge in [0.2, 0.25) is 0 Å². The van der Waals surface area contributed by atoms with Crippen LogP contribution in [0, 0.1) is 5.92 Å². The highest BCUT2D eigenvalue weighted by molar-refractivity contribution is 6.45. The summed E-state index contributed by atoms with van der Waals surface area (Å²) in [5.74, 6) is 0.967. The Balaban J connectivity index is 1.84. The van der Waals surface area contributed by atoms with E-state index in [-0.39, 0.29) is 14.7 Å². The summed E-state index contributed by atoms with van der Waals surface area (Å²) in [4.78, 5) is 11.0. The first-order chi connectivity index (χ1) is 6.35. The van der Waals surface area contributed by atoms with Gasteiger partial charge in [-0.2, -0.15) is 0 Å². The normalized spacial score (nSPS) is 35.4. The molecular formula is C10H18O2Si. The van der Waals surface area contributed by atoms with Crippen molar-refractivity contribution >= 4 is 15.8 Å². The fourth-order valence-corrected chi connectivity index (χ4v) is 4.46. The lowest BCUT2D eigenvalue weighted by Gasteiger charge is -2.32. The maximum Gasteiger partial charge on any atom is 0.147 e. The van der Waals surface area contributed by atoms with E-state index in [2.05, 4.69) is 0 Å². The molecule has 0 amide bonds. The molecule has 0 aromatic rings. The predicted octanol–water partition coefficient (Wildman–Crippen LogP) is 1.08. The maximum atomic E-state index is 11.0. The summed E-state index contributed by atoms with van der Waals surface area (Å²) < 4.78 is 5.69. The van der Waals surface area contributed by atoms with Crippen LogP contribution in [0.2, 0.25) is 6.04 Å². The van der Waals surface area contributed by atoms with Crippen molar-refractivity contribution < 1.29 is 9.53 Å². The highest BCUT2D eigenvalue weighted by Gasteiger charge is 2.35. The Morgan fingerprint density at radius 2 is 2.31 bits per heavy atom. The molecule has 0 aromatic heterocycles. The summed E-state index contributed by atoms with van der Waals surface area (Å²) in [6, 6.07) is 1.33. The van der Waals surface area contributed by atoms with Crippen LogP contribution in [0.15, 0.2) is 0 Å². The topological polar surface area (TPSA) is 26.3 Å². The van der Waals surface area contributed by atoms with E-state index in [0.29, 0.717) is 0 Å². The van der Waals surface area contributed by atoms with Crippen LogP contribution in [0.1, 0.15) is 32.1 Å². The first kappa shape index (κ1) is 9.40. The molecule has 3 heteroatoms. The second-order valence-corrected chi connectivity index (χ2v) is 6.74. The summed E-state index contributed by atoms with van der Waals surface area (Å²) in [5, 5.41) is -0.249. The van der Waals surface area contributed by atoms with Gasteiger partial charge in [-0.25, -0.2) is 0 Å². The van der Waals surface area contributed by atoms with E-state index in [9.17, 15) is 4.79 Å². The zero-order chi connectivity index (χ0) is 9.15. The van der Waals surface area contributed by atoms with Gasteiger partial charge in [0.05, 0.1) is 9.52 Å². The first-order valence-electron chi connectivity index (χ1n) is 5.45. The molecule has 1 aliphatic heterocycles. The van der Waals surface area contributed by atoms with E-state index >= 15 is 0 Å². The summed E-state index contributed by atoms with van der Waals surface area (Å²) in [6.07, 6.45) is 7.27. The quantitative estimate of drug-likeness (QED) is 0.499. The van der Waals surface area contributed by atoms with E-state index < -0.39 is 0 Å². The lowest BCUT2D eigenvalue weighted by Crippen LogP contribution is -2.43. The Hall–Kier alpha value is -0.153. The third kappa shape index (κ3) is 2.41. The van der Waals surface area contributed by atoms with Crippen LogP contribution in [0.5, 0.6) is 0 Å². The Kier molecular flexibility index (Phi) is 2.84.